The molecule has 2 heterocycles. The van der Waals surface area contributed by atoms with E-state index in [2.05, 4.69) is 35.8 Å². The fraction of sp³-hybridized carbons (Fsp3) is 0.100. The number of phenolic OH excluding ortho intramolecular Hbond substituents is 1. The standard InChI is InChI=1S/C20H18N8O4/c1-2-31-15-10-12(8-9-14(15)29)11-22-24-20(30)16-17(13-6-4-3-5-7-13)28(27-23-16)19-18(21)25-32-26-19/h3-11,29H,2H2,1H3,(H2,21,25)(H,24,30)/b22-11-. The predicted octanol–water partition coefficient (Wildman–Crippen LogP) is 1.77. The second-order valence-electron chi connectivity index (χ2n) is 6.40. The summed E-state index contributed by atoms with van der Waals surface area (Å²) in [6.45, 7) is 2.20. The molecule has 12 nitrogen and oxygen atoms in total. The Morgan fingerprint density at radius 3 is 2.81 bits per heavy atom. The summed E-state index contributed by atoms with van der Waals surface area (Å²) in [5.41, 5.74) is 9.80. The van der Waals surface area contributed by atoms with Crippen molar-refractivity contribution in [2.24, 2.45) is 5.10 Å². The highest BCUT2D eigenvalue weighted by molar-refractivity contribution is 5.98. The summed E-state index contributed by atoms with van der Waals surface area (Å²) >= 11 is 0. The Hall–Kier alpha value is -4.74. The summed E-state index contributed by atoms with van der Waals surface area (Å²) in [7, 11) is 0. The van der Waals surface area contributed by atoms with Crippen LogP contribution in [0, 0.1) is 0 Å². The van der Waals surface area contributed by atoms with E-state index in [-0.39, 0.29) is 23.1 Å². The third-order valence-corrected chi connectivity index (χ3v) is 4.29. The van der Waals surface area contributed by atoms with Crippen LogP contribution in [0.15, 0.2) is 58.3 Å². The van der Waals surface area contributed by atoms with Crippen LogP contribution in [-0.2, 0) is 0 Å². The second kappa shape index (κ2) is 8.95. The van der Waals surface area contributed by atoms with Crippen molar-refractivity contribution in [3.63, 3.8) is 0 Å². The zero-order valence-electron chi connectivity index (χ0n) is 16.8. The number of benzene rings is 2. The Kier molecular flexibility index (Phi) is 5.74. The second-order valence-corrected chi connectivity index (χ2v) is 6.40. The van der Waals surface area contributed by atoms with Crippen molar-refractivity contribution in [3.8, 4) is 28.6 Å². The first kappa shape index (κ1) is 20.5. The summed E-state index contributed by atoms with van der Waals surface area (Å²) < 4.78 is 11.3. The van der Waals surface area contributed by atoms with Gasteiger partial charge in [-0.15, -0.1) is 5.10 Å². The van der Waals surface area contributed by atoms with Gasteiger partial charge in [0.1, 0.15) is 5.69 Å². The number of carbonyl (C=O) groups excluding carboxylic acids is 1. The normalized spacial score (nSPS) is 11.0. The fourth-order valence-electron chi connectivity index (χ4n) is 2.88. The minimum Gasteiger partial charge on any atom is -0.504 e. The molecule has 4 rings (SSSR count). The van der Waals surface area contributed by atoms with Gasteiger partial charge in [-0.2, -0.15) is 9.78 Å². The third-order valence-electron chi connectivity index (χ3n) is 4.29. The van der Waals surface area contributed by atoms with Gasteiger partial charge >= 0.3 is 0 Å². The molecule has 0 saturated carbocycles. The summed E-state index contributed by atoms with van der Waals surface area (Å²) in [4.78, 5) is 12.8. The first-order chi connectivity index (χ1) is 15.6. The van der Waals surface area contributed by atoms with Gasteiger partial charge < -0.3 is 15.6 Å². The molecule has 2 aromatic heterocycles. The number of nitrogen functional groups attached to an aromatic ring is 1. The fourth-order valence-corrected chi connectivity index (χ4v) is 2.88. The number of nitrogens with zero attached hydrogens (tertiary/aromatic N) is 6. The molecule has 4 aromatic rings. The lowest BCUT2D eigenvalue weighted by atomic mass is 10.1. The highest BCUT2D eigenvalue weighted by Crippen LogP contribution is 2.27. The average Bonchev–Trinajstić information content (AvgIpc) is 3.42. The Morgan fingerprint density at radius 1 is 1.28 bits per heavy atom. The molecule has 12 heteroatoms. The molecule has 4 N–H and O–H groups in total. The SMILES string of the molecule is CCOc1cc(/C=N\NC(=O)c2nnn(-c3nonc3N)c2-c2ccccc2)ccc1O. The van der Waals surface area contributed by atoms with Crippen molar-refractivity contribution >= 4 is 17.9 Å². The molecule has 2 aromatic carbocycles. The van der Waals surface area contributed by atoms with Crippen LogP contribution >= 0.6 is 0 Å². The van der Waals surface area contributed by atoms with Gasteiger partial charge in [-0.1, -0.05) is 35.5 Å². The minimum absolute atomic E-state index is 0.00328. The van der Waals surface area contributed by atoms with Gasteiger partial charge in [0.15, 0.2) is 17.2 Å². The number of anilines is 1. The smallest absolute Gasteiger partial charge is 0.294 e. The van der Waals surface area contributed by atoms with E-state index in [0.717, 1.165) is 0 Å². The quantitative estimate of drug-likeness (QED) is 0.290. The van der Waals surface area contributed by atoms with Gasteiger partial charge in [0.25, 0.3) is 5.91 Å². The van der Waals surface area contributed by atoms with Crippen molar-refractivity contribution < 1.29 is 19.3 Å². The molecule has 0 spiro atoms. The van der Waals surface area contributed by atoms with E-state index in [4.69, 9.17) is 10.5 Å². The molecule has 1 amide bonds. The van der Waals surface area contributed by atoms with Gasteiger partial charge in [-0.25, -0.2) is 10.1 Å². The first-order valence-corrected chi connectivity index (χ1v) is 9.47. The van der Waals surface area contributed by atoms with Crippen LogP contribution in [0.1, 0.15) is 23.0 Å². The topological polar surface area (TPSA) is 167 Å². The number of ether oxygens (including phenoxy) is 1. The number of rotatable bonds is 7. The zero-order chi connectivity index (χ0) is 22.5. The molecular formula is C20H18N8O4. The van der Waals surface area contributed by atoms with Crippen LogP contribution in [-0.4, -0.2) is 49.1 Å². The Balaban J connectivity index is 1.62. The molecule has 0 aliphatic carbocycles. The molecular weight excluding hydrogens is 416 g/mol. The Morgan fingerprint density at radius 2 is 2.09 bits per heavy atom. The summed E-state index contributed by atoms with van der Waals surface area (Å²) in [6.07, 6.45) is 1.41. The number of hydrogen-bond donors (Lipinski definition) is 3. The van der Waals surface area contributed by atoms with Crippen LogP contribution in [0.2, 0.25) is 0 Å². The number of aromatic hydroxyl groups is 1. The predicted molar refractivity (Wildman–Crippen MR) is 113 cm³/mol. The lowest BCUT2D eigenvalue weighted by Crippen LogP contribution is -2.19. The highest BCUT2D eigenvalue weighted by Gasteiger charge is 2.24. The van der Waals surface area contributed by atoms with E-state index >= 15 is 0 Å². The number of amides is 1. The van der Waals surface area contributed by atoms with Gasteiger partial charge in [-0.05, 0) is 41.0 Å². The van der Waals surface area contributed by atoms with Crippen molar-refractivity contribution in [2.45, 2.75) is 6.92 Å². The van der Waals surface area contributed by atoms with Crippen molar-refractivity contribution in [3.05, 3.63) is 59.8 Å². The monoisotopic (exact) mass is 434 g/mol. The molecule has 0 aliphatic rings. The molecule has 0 saturated heterocycles. The van der Waals surface area contributed by atoms with Crippen LogP contribution in [0.3, 0.4) is 0 Å². The molecule has 162 valence electrons. The van der Waals surface area contributed by atoms with Crippen molar-refractivity contribution in [1.82, 2.24) is 30.7 Å². The third kappa shape index (κ3) is 4.09. The maximum Gasteiger partial charge on any atom is 0.294 e. The first-order valence-electron chi connectivity index (χ1n) is 9.47. The Labute approximate surface area is 181 Å². The molecule has 0 aliphatic heterocycles. The number of aromatic nitrogens is 5. The lowest BCUT2D eigenvalue weighted by Gasteiger charge is -2.06. The summed E-state index contributed by atoms with van der Waals surface area (Å²) in [5, 5.41) is 29.0. The number of hydrogen-bond acceptors (Lipinski definition) is 10. The largest absolute Gasteiger partial charge is 0.504 e. The average molecular weight is 434 g/mol. The van der Waals surface area contributed by atoms with E-state index in [1.54, 1.807) is 43.3 Å². The molecule has 0 radical (unpaired) electrons. The van der Waals surface area contributed by atoms with Gasteiger partial charge in [0, 0.05) is 5.56 Å². The molecule has 0 fully saturated rings. The van der Waals surface area contributed by atoms with Crippen molar-refractivity contribution in [2.75, 3.05) is 12.3 Å². The minimum atomic E-state index is -0.606. The molecule has 32 heavy (non-hydrogen) atoms. The Bertz CT molecular complexity index is 1270. The summed E-state index contributed by atoms with van der Waals surface area (Å²) in [5.74, 6) is -0.180. The van der Waals surface area contributed by atoms with Gasteiger partial charge in [-0.3, -0.25) is 4.79 Å². The van der Waals surface area contributed by atoms with Gasteiger partial charge in [0.05, 0.1) is 12.8 Å². The van der Waals surface area contributed by atoms with E-state index in [9.17, 15) is 9.90 Å². The number of hydrazone groups is 1. The van der Waals surface area contributed by atoms with Crippen LogP contribution in [0.4, 0.5) is 5.82 Å². The van der Waals surface area contributed by atoms with E-state index in [0.29, 0.717) is 29.2 Å². The molecule has 0 bridgehead atoms. The lowest BCUT2D eigenvalue weighted by molar-refractivity contribution is 0.0950. The number of phenols is 1. The maximum atomic E-state index is 12.8. The number of nitrogens with one attached hydrogen (secondary N) is 1. The van der Waals surface area contributed by atoms with Crippen LogP contribution in [0.25, 0.3) is 17.1 Å². The highest BCUT2D eigenvalue weighted by atomic mass is 16.6. The van der Waals surface area contributed by atoms with E-state index in [1.165, 1.54) is 17.0 Å². The van der Waals surface area contributed by atoms with Crippen LogP contribution in [0.5, 0.6) is 11.5 Å². The number of carbonyl (C=O) groups is 1. The zero-order valence-corrected chi connectivity index (χ0v) is 16.8. The van der Waals surface area contributed by atoms with E-state index < -0.39 is 5.91 Å². The van der Waals surface area contributed by atoms with Crippen LogP contribution < -0.4 is 15.9 Å². The molecule has 0 unspecified atom stereocenters. The summed E-state index contributed by atoms with van der Waals surface area (Å²) in [6, 6.07) is 13.7. The van der Waals surface area contributed by atoms with Gasteiger partial charge in [0.2, 0.25) is 11.6 Å². The van der Waals surface area contributed by atoms with E-state index in [1.807, 2.05) is 6.07 Å². The number of nitrogens with two attached hydrogens (primary N) is 1. The maximum absolute atomic E-state index is 12.8. The van der Waals surface area contributed by atoms with Crippen molar-refractivity contribution in [1.29, 1.82) is 0 Å². The molecule has 0 atom stereocenters.